The topological polar surface area (TPSA) is 32.8 Å². The normalized spacial score (nSPS) is 25.5. The molecule has 4 nitrogen and oxygen atoms in total. The maximum atomic E-state index is 12.8. The summed E-state index contributed by atoms with van der Waals surface area (Å²) in [5, 5.41) is 0. The molecule has 0 bridgehead atoms. The Bertz CT molecular complexity index is 823. The summed E-state index contributed by atoms with van der Waals surface area (Å²) in [5.74, 6) is 1.18. The van der Waals surface area contributed by atoms with Gasteiger partial charge in [0.25, 0.3) is 5.91 Å². The van der Waals surface area contributed by atoms with Gasteiger partial charge in [0.1, 0.15) is 11.4 Å². The molecule has 0 unspecified atom stereocenters. The number of hydrogen-bond donors (Lipinski definition) is 0. The van der Waals surface area contributed by atoms with E-state index in [2.05, 4.69) is 36.2 Å². The molecule has 1 amide bonds. The van der Waals surface area contributed by atoms with Gasteiger partial charge in [-0.3, -0.25) is 9.69 Å². The van der Waals surface area contributed by atoms with Gasteiger partial charge in [0.15, 0.2) is 0 Å². The van der Waals surface area contributed by atoms with E-state index in [0.717, 1.165) is 49.4 Å². The van der Waals surface area contributed by atoms with Crippen molar-refractivity contribution in [2.45, 2.75) is 50.8 Å². The molecule has 1 fully saturated rings. The van der Waals surface area contributed by atoms with Crippen LogP contribution in [0.15, 0.2) is 36.4 Å². The first-order valence-corrected chi connectivity index (χ1v) is 10.6. The summed E-state index contributed by atoms with van der Waals surface area (Å²) in [6.45, 7) is 3.91. The van der Waals surface area contributed by atoms with Gasteiger partial charge in [-0.05, 0) is 57.9 Å². The minimum Gasteiger partial charge on any atom is -0.486 e. The van der Waals surface area contributed by atoms with E-state index < -0.39 is 0 Å². The highest BCUT2D eigenvalue weighted by Gasteiger charge is 2.41. The van der Waals surface area contributed by atoms with E-state index in [9.17, 15) is 4.79 Å². The fourth-order valence-electron chi connectivity index (χ4n) is 4.50. The van der Waals surface area contributed by atoms with Gasteiger partial charge < -0.3 is 9.64 Å². The average Bonchev–Trinajstić information content (AvgIpc) is 3.03. The van der Waals surface area contributed by atoms with Crippen molar-refractivity contribution >= 4 is 17.2 Å². The first-order chi connectivity index (χ1) is 13.0. The quantitative estimate of drug-likeness (QED) is 0.772. The summed E-state index contributed by atoms with van der Waals surface area (Å²) in [7, 11) is 4.13. The molecule has 1 aliphatic heterocycles. The maximum absolute atomic E-state index is 12.8. The summed E-state index contributed by atoms with van der Waals surface area (Å²) >= 11 is 1.58. The van der Waals surface area contributed by atoms with Crippen molar-refractivity contribution in [3.8, 4) is 5.75 Å². The average molecular weight is 385 g/mol. The van der Waals surface area contributed by atoms with E-state index >= 15 is 0 Å². The molecule has 1 aromatic carbocycles. The van der Waals surface area contributed by atoms with Gasteiger partial charge in [-0.15, -0.1) is 11.3 Å². The van der Waals surface area contributed by atoms with Crippen LogP contribution in [0.1, 0.15) is 45.8 Å². The minimum absolute atomic E-state index is 0.138. The Morgan fingerprint density at radius 3 is 2.67 bits per heavy atom. The third kappa shape index (κ3) is 3.76. The lowest BCUT2D eigenvalue weighted by Crippen LogP contribution is -2.51. The van der Waals surface area contributed by atoms with E-state index in [1.165, 1.54) is 10.4 Å². The molecule has 27 heavy (non-hydrogen) atoms. The van der Waals surface area contributed by atoms with E-state index in [-0.39, 0.29) is 17.6 Å². The Morgan fingerprint density at radius 1 is 1.22 bits per heavy atom. The van der Waals surface area contributed by atoms with Crippen LogP contribution in [-0.4, -0.2) is 48.0 Å². The molecule has 0 N–H and O–H groups in total. The Morgan fingerprint density at radius 2 is 1.96 bits per heavy atom. The van der Waals surface area contributed by atoms with Crippen molar-refractivity contribution < 1.29 is 9.53 Å². The van der Waals surface area contributed by atoms with Gasteiger partial charge in [-0.25, -0.2) is 0 Å². The van der Waals surface area contributed by atoms with E-state index in [1.54, 1.807) is 11.3 Å². The number of carbonyl (C=O) groups is 1. The molecule has 2 aromatic rings. The molecule has 2 aliphatic rings. The van der Waals surface area contributed by atoms with E-state index in [1.807, 2.05) is 31.0 Å². The second-order valence-corrected chi connectivity index (χ2v) is 9.41. The van der Waals surface area contributed by atoms with Crippen LogP contribution in [0.2, 0.25) is 0 Å². The fraction of sp³-hybridized carbons (Fsp3) is 0.500. The standard InChI is InChI=1S/C22H28N2O2S/c1-16-8-9-20(27-16)21(25)24(3)18-10-12-22(13-11-18)15-23(2)14-17-6-4-5-7-19(17)26-22/h4-9,18H,10-15H2,1-3H3. The molecule has 1 spiro atoms. The number of hydrogen-bond acceptors (Lipinski definition) is 4. The third-order valence-corrected chi connectivity index (χ3v) is 6.97. The smallest absolute Gasteiger partial charge is 0.263 e. The number of carbonyl (C=O) groups excluding carboxylic acids is 1. The molecule has 2 heterocycles. The van der Waals surface area contributed by atoms with Crippen LogP contribution in [0.3, 0.4) is 0 Å². The summed E-state index contributed by atoms with van der Waals surface area (Å²) in [6.07, 6.45) is 3.94. The van der Waals surface area contributed by atoms with Crippen LogP contribution in [-0.2, 0) is 6.54 Å². The third-order valence-electron chi connectivity index (χ3n) is 5.98. The Labute approximate surface area is 165 Å². The highest BCUT2D eigenvalue weighted by atomic mass is 32.1. The fourth-order valence-corrected chi connectivity index (χ4v) is 5.35. The van der Waals surface area contributed by atoms with Gasteiger partial charge in [0.2, 0.25) is 0 Å². The van der Waals surface area contributed by atoms with Gasteiger partial charge in [0.05, 0.1) is 4.88 Å². The lowest BCUT2D eigenvalue weighted by Gasteiger charge is -2.43. The minimum atomic E-state index is -0.138. The molecule has 0 atom stereocenters. The highest BCUT2D eigenvalue weighted by molar-refractivity contribution is 7.13. The number of nitrogens with zero attached hydrogens (tertiary/aromatic N) is 2. The predicted octanol–water partition coefficient (Wildman–Crippen LogP) is 4.33. The van der Waals surface area contributed by atoms with Gasteiger partial charge in [-0.2, -0.15) is 0 Å². The van der Waals surface area contributed by atoms with Crippen molar-refractivity contribution in [1.29, 1.82) is 0 Å². The number of rotatable bonds is 2. The number of likely N-dealkylation sites (N-methyl/N-ethyl adjacent to an activating group) is 1. The first-order valence-electron chi connectivity index (χ1n) is 9.75. The second-order valence-electron chi connectivity index (χ2n) is 8.12. The van der Waals surface area contributed by atoms with Crippen LogP contribution in [0.4, 0.5) is 0 Å². The monoisotopic (exact) mass is 384 g/mol. The van der Waals surface area contributed by atoms with Gasteiger partial charge in [0, 0.05) is 36.6 Å². The zero-order valence-electron chi connectivity index (χ0n) is 16.4. The highest BCUT2D eigenvalue weighted by Crippen LogP contribution is 2.39. The Hall–Kier alpha value is -1.85. The van der Waals surface area contributed by atoms with Crippen molar-refractivity contribution in [2.75, 3.05) is 20.6 Å². The molecular weight excluding hydrogens is 356 g/mol. The summed E-state index contributed by atoms with van der Waals surface area (Å²) in [4.78, 5) is 19.1. The van der Waals surface area contributed by atoms with Crippen LogP contribution >= 0.6 is 11.3 Å². The molecule has 144 valence electrons. The molecule has 4 rings (SSSR count). The summed E-state index contributed by atoms with van der Waals surface area (Å²) < 4.78 is 6.59. The van der Waals surface area contributed by atoms with Crippen molar-refractivity contribution in [1.82, 2.24) is 9.80 Å². The SMILES string of the molecule is Cc1ccc(C(=O)N(C)C2CCC3(CC2)CN(C)Cc2ccccc2O3)s1. The summed E-state index contributed by atoms with van der Waals surface area (Å²) in [5.41, 5.74) is 1.13. The second kappa shape index (κ2) is 7.28. The summed E-state index contributed by atoms with van der Waals surface area (Å²) in [6, 6.07) is 12.6. The van der Waals surface area contributed by atoms with Crippen molar-refractivity contribution in [2.24, 2.45) is 0 Å². The number of thiophene rings is 1. The van der Waals surface area contributed by atoms with E-state index in [4.69, 9.17) is 4.74 Å². The van der Waals surface area contributed by atoms with E-state index in [0.29, 0.717) is 0 Å². The zero-order valence-corrected chi connectivity index (χ0v) is 17.2. The van der Waals surface area contributed by atoms with Gasteiger partial charge in [-0.1, -0.05) is 18.2 Å². The van der Waals surface area contributed by atoms with Crippen LogP contribution < -0.4 is 4.74 Å². The van der Waals surface area contributed by atoms with Crippen molar-refractivity contribution in [3.05, 3.63) is 51.7 Å². The molecule has 0 radical (unpaired) electrons. The number of amides is 1. The number of ether oxygens (including phenoxy) is 1. The Kier molecular flexibility index (Phi) is 4.99. The number of para-hydroxylation sites is 1. The van der Waals surface area contributed by atoms with Crippen LogP contribution in [0.5, 0.6) is 5.75 Å². The largest absolute Gasteiger partial charge is 0.486 e. The van der Waals surface area contributed by atoms with Crippen LogP contribution in [0.25, 0.3) is 0 Å². The molecule has 1 saturated carbocycles. The molecule has 5 heteroatoms. The maximum Gasteiger partial charge on any atom is 0.263 e. The van der Waals surface area contributed by atoms with Crippen molar-refractivity contribution in [3.63, 3.8) is 0 Å². The predicted molar refractivity (Wildman–Crippen MR) is 110 cm³/mol. The number of fused-ring (bicyclic) bond motifs is 1. The zero-order chi connectivity index (χ0) is 19.0. The lowest BCUT2D eigenvalue weighted by atomic mass is 9.81. The van der Waals surface area contributed by atoms with Crippen LogP contribution in [0, 0.1) is 6.92 Å². The molecule has 1 aromatic heterocycles. The number of benzene rings is 1. The molecule has 0 saturated heterocycles. The molecular formula is C22H28N2O2S. The molecule has 1 aliphatic carbocycles. The Balaban J connectivity index is 1.45. The van der Waals surface area contributed by atoms with Gasteiger partial charge >= 0.3 is 0 Å². The lowest BCUT2D eigenvalue weighted by molar-refractivity contribution is -0.00836. The number of aryl methyl sites for hydroxylation is 1. The first kappa shape index (κ1) is 18.5.